The Morgan fingerprint density at radius 2 is 1.45 bits per heavy atom. The number of aryl methyl sites for hydroxylation is 2. The van der Waals surface area contributed by atoms with E-state index >= 15 is 0 Å². The zero-order chi connectivity index (χ0) is 28.1. The summed E-state index contributed by atoms with van der Waals surface area (Å²) in [6.45, 7) is 0.254. The highest BCUT2D eigenvalue weighted by Crippen LogP contribution is 2.26. The largest absolute Gasteiger partial charge is 0.368 e. The Labute approximate surface area is 230 Å². The van der Waals surface area contributed by atoms with E-state index in [2.05, 4.69) is 5.32 Å². The van der Waals surface area contributed by atoms with Gasteiger partial charge < -0.3 is 15.5 Å². The third-order valence-corrected chi connectivity index (χ3v) is 6.54. The lowest BCUT2D eigenvalue weighted by Crippen LogP contribution is -2.22. The van der Waals surface area contributed by atoms with Crippen molar-refractivity contribution >= 4 is 16.9 Å². The number of aromatic nitrogens is 2. The predicted octanol–water partition coefficient (Wildman–Crippen LogP) is 5.14. The fourth-order valence-electron chi connectivity index (χ4n) is 4.52. The van der Waals surface area contributed by atoms with E-state index in [9.17, 15) is 23.8 Å². The van der Waals surface area contributed by atoms with Crippen molar-refractivity contribution in [1.82, 2.24) is 15.3 Å². The molecule has 0 saturated carbocycles. The van der Waals surface area contributed by atoms with Gasteiger partial charge in [0.05, 0.1) is 22.4 Å². The summed E-state index contributed by atoms with van der Waals surface area (Å²) in [5.74, 6) is -0.978. The van der Waals surface area contributed by atoms with Crippen LogP contribution in [-0.2, 0) is 25.8 Å². The monoisotopic (exact) mass is 539 g/mol. The van der Waals surface area contributed by atoms with Crippen LogP contribution in [0.15, 0.2) is 91.0 Å². The molecule has 0 atom stereocenters. The molecule has 1 aromatic heterocycles. The molecule has 0 aliphatic rings. The number of aliphatic hydroxyl groups excluding tert-OH is 1. The molecule has 202 valence electrons. The van der Waals surface area contributed by atoms with Gasteiger partial charge in [-0.1, -0.05) is 36.4 Å². The van der Waals surface area contributed by atoms with E-state index in [0.29, 0.717) is 40.8 Å². The van der Waals surface area contributed by atoms with Crippen LogP contribution in [0.5, 0.6) is 0 Å². The zero-order valence-electron chi connectivity index (χ0n) is 21.5. The average molecular weight is 540 g/mol. The highest BCUT2D eigenvalue weighted by atomic mass is 19.1. The van der Waals surface area contributed by atoms with Crippen molar-refractivity contribution in [3.05, 3.63) is 131 Å². The number of rotatable bonds is 9. The van der Waals surface area contributed by atoms with Crippen LogP contribution < -0.4 is 5.32 Å². The van der Waals surface area contributed by atoms with Gasteiger partial charge >= 0.3 is 0 Å². The highest BCUT2D eigenvalue weighted by molar-refractivity contribution is 5.97. The average Bonchev–Trinajstić information content (AvgIpc) is 2.95. The van der Waals surface area contributed by atoms with Gasteiger partial charge in [-0.15, -0.1) is 0 Å². The Morgan fingerprint density at radius 3 is 2.17 bits per heavy atom. The minimum atomic E-state index is -1.42. The van der Waals surface area contributed by atoms with E-state index in [1.807, 2.05) is 24.3 Å². The Hall–Kier alpha value is -4.53. The molecule has 0 bridgehead atoms. The molecule has 0 fully saturated rings. The fraction of sp³-hybridized carbons (Fsp3) is 0.156. The summed E-state index contributed by atoms with van der Waals surface area (Å²) in [5.41, 5.74) is 6.19. The van der Waals surface area contributed by atoms with Gasteiger partial charge in [-0.05, 0) is 84.1 Å². The quantitative estimate of drug-likeness (QED) is 0.226. The number of halogens is 2. The number of amides is 1. The van der Waals surface area contributed by atoms with Crippen molar-refractivity contribution < 1.29 is 23.8 Å². The Balaban J connectivity index is 1.43. The molecule has 1 heterocycles. The van der Waals surface area contributed by atoms with Crippen molar-refractivity contribution in [3.8, 4) is 11.3 Å². The summed E-state index contributed by atoms with van der Waals surface area (Å²) >= 11 is 0. The normalized spacial score (nSPS) is 11.2. The van der Waals surface area contributed by atoms with E-state index in [1.54, 1.807) is 42.5 Å². The number of nitrogens with zero attached hydrogens (tertiary/aromatic N) is 2. The Kier molecular flexibility index (Phi) is 8.19. The second-order valence-corrected chi connectivity index (χ2v) is 9.54. The maximum absolute atomic E-state index is 13.6. The first-order chi connectivity index (χ1) is 19.3. The van der Waals surface area contributed by atoms with Crippen LogP contribution in [0.3, 0.4) is 0 Å². The molecule has 0 aliphatic heterocycles. The molecule has 8 heteroatoms. The molecule has 0 spiro atoms. The van der Waals surface area contributed by atoms with E-state index in [-0.39, 0.29) is 30.5 Å². The molecule has 0 saturated heterocycles. The summed E-state index contributed by atoms with van der Waals surface area (Å²) < 4.78 is 26.8. The third-order valence-electron chi connectivity index (χ3n) is 6.54. The van der Waals surface area contributed by atoms with Gasteiger partial charge in [0.15, 0.2) is 6.29 Å². The summed E-state index contributed by atoms with van der Waals surface area (Å²) in [7, 11) is 0. The van der Waals surface area contributed by atoms with Crippen LogP contribution >= 0.6 is 0 Å². The minimum Gasteiger partial charge on any atom is -0.368 e. The number of hydrogen-bond donors (Lipinski definition) is 3. The topological polar surface area (TPSA) is 95.3 Å². The molecule has 4 aromatic carbocycles. The lowest BCUT2D eigenvalue weighted by atomic mass is 10.0. The molecular weight excluding hydrogens is 512 g/mol. The summed E-state index contributed by atoms with van der Waals surface area (Å²) in [4.78, 5) is 22.5. The zero-order valence-corrected chi connectivity index (χ0v) is 21.5. The van der Waals surface area contributed by atoms with Gasteiger partial charge in [-0.2, -0.15) is 0 Å². The number of benzene rings is 4. The van der Waals surface area contributed by atoms with Gasteiger partial charge in [0, 0.05) is 24.1 Å². The Morgan fingerprint density at radius 1 is 0.750 bits per heavy atom. The van der Waals surface area contributed by atoms with Gasteiger partial charge in [-0.3, -0.25) is 4.79 Å². The maximum Gasteiger partial charge on any atom is 0.251 e. The van der Waals surface area contributed by atoms with Crippen molar-refractivity contribution in [2.45, 2.75) is 32.1 Å². The number of hydrogen-bond acceptors (Lipinski definition) is 5. The Bertz CT molecular complexity index is 1640. The summed E-state index contributed by atoms with van der Waals surface area (Å²) in [6.07, 6.45) is -0.159. The summed E-state index contributed by atoms with van der Waals surface area (Å²) in [5, 5.41) is 21.5. The van der Waals surface area contributed by atoms with Crippen LogP contribution in [0.1, 0.15) is 32.7 Å². The van der Waals surface area contributed by atoms with Crippen molar-refractivity contribution in [1.29, 1.82) is 0 Å². The van der Waals surface area contributed by atoms with E-state index < -0.39 is 6.29 Å². The molecule has 0 radical (unpaired) electrons. The molecule has 5 aromatic rings. The second-order valence-electron chi connectivity index (χ2n) is 9.54. The van der Waals surface area contributed by atoms with Gasteiger partial charge in [0.2, 0.25) is 0 Å². The smallest absolute Gasteiger partial charge is 0.251 e. The summed E-state index contributed by atoms with van der Waals surface area (Å²) in [6, 6.07) is 24.7. The van der Waals surface area contributed by atoms with Crippen LogP contribution in [0.25, 0.3) is 22.3 Å². The van der Waals surface area contributed by atoms with Gasteiger partial charge in [0.25, 0.3) is 5.91 Å². The highest BCUT2D eigenvalue weighted by Gasteiger charge is 2.14. The van der Waals surface area contributed by atoms with Crippen LogP contribution in [0.2, 0.25) is 0 Å². The van der Waals surface area contributed by atoms with Crippen molar-refractivity contribution in [2.24, 2.45) is 0 Å². The third kappa shape index (κ3) is 6.72. The van der Waals surface area contributed by atoms with Gasteiger partial charge in [-0.25, -0.2) is 18.7 Å². The van der Waals surface area contributed by atoms with E-state index in [4.69, 9.17) is 9.97 Å². The van der Waals surface area contributed by atoms with Crippen LogP contribution in [0, 0.1) is 11.6 Å². The molecule has 3 N–H and O–H groups in total. The van der Waals surface area contributed by atoms with Crippen molar-refractivity contribution in [3.63, 3.8) is 0 Å². The first-order valence-corrected chi connectivity index (χ1v) is 12.9. The second kappa shape index (κ2) is 12.1. The van der Waals surface area contributed by atoms with Crippen molar-refractivity contribution in [2.75, 3.05) is 0 Å². The van der Waals surface area contributed by atoms with Crippen LogP contribution in [0.4, 0.5) is 8.78 Å². The number of aliphatic hydroxyl groups is 2. The molecule has 1 amide bonds. The number of carbonyl (C=O) groups is 1. The predicted molar refractivity (Wildman–Crippen MR) is 148 cm³/mol. The first-order valence-electron chi connectivity index (χ1n) is 12.9. The number of carbonyl (C=O) groups excluding carboxylic acids is 1. The van der Waals surface area contributed by atoms with E-state index in [0.717, 1.165) is 22.3 Å². The standard InChI is InChI=1S/C32H27F2N3O3/c33-25-10-4-21(5-11-25)19-35-32(40)24-9-15-27-29(18-24)36-28(31(37-27)23-7-12-26(34)13-8-23)14-6-20-2-1-3-22(16-20)17-30(38)39/h1-5,7-13,15-16,18,30,38-39H,6,14,17,19H2,(H,35,40). The SMILES string of the molecule is O=C(NCc1ccc(F)cc1)c1ccc2nc(-c3ccc(F)cc3)c(CCc3cccc(CC(O)O)c3)nc2c1. The molecule has 5 rings (SSSR count). The lowest BCUT2D eigenvalue weighted by molar-refractivity contribution is -0.0381. The number of nitrogens with one attached hydrogen (secondary N) is 1. The lowest BCUT2D eigenvalue weighted by Gasteiger charge is -2.12. The maximum atomic E-state index is 13.6. The molecule has 0 aliphatic carbocycles. The molecule has 0 unspecified atom stereocenters. The molecular formula is C32H27F2N3O3. The molecule has 6 nitrogen and oxygen atoms in total. The van der Waals surface area contributed by atoms with Crippen LogP contribution in [-0.4, -0.2) is 32.4 Å². The fourth-order valence-corrected chi connectivity index (χ4v) is 4.52. The van der Waals surface area contributed by atoms with Gasteiger partial charge in [0.1, 0.15) is 11.6 Å². The number of fused-ring (bicyclic) bond motifs is 1. The first kappa shape index (κ1) is 27.1. The van der Waals surface area contributed by atoms with E-state index in [1.165, 1.54) is 24.3 Å². The minimum absolute atomic E-state index is 0.135. The molecule has 40 heavy (non-hydrogen) atoms.